The molecule has 0 atom stereocenters. The Morgan fingerprint density at radius 1 is 1.60 bits per heavy atom. The minimum absolute atomic E-state index is 0.210. The molecule has 1 fully saturated rings. The van der Waals surface area contributed by atoms with Crippen molar-refractivity contribution in [2.75, 3.05) is 6.54 Å². The summed E-state index contributed by atoms with van der Waals surface area (Å²) in [6.45, 7) is 2.39. The van der Waals surface area contributed by atoms with E-state index < -0.39 is 0 Å². The van der Waals surface area contributed by atoms with Gasteiger partial charge in [-0.1, -0.05) is 13.3 Å². The van der Waals surface area contributed by atoms with E-state index >= 15 is 0 Å². The first-order valence-corrected chi connectivity index (χ1v) is 3.88. The number of hydrogen-bond donors (Lipinski definition) is 1. The van der Waals surface area contributed by atoms with Gasteiger partial charge in [-0.2, -0.15) is 0 Å². The van der Waals surface area contributed by atoms with E-state index in [9.17, 15) is 4.79 Å². The summed E-state index contributed by atoms with van der Waals surface area (Å²) in [4.78, 5) is 10.9. The Balaban J connectivity index is 2.29. The van der Waals surface area contributed by atoms with Crippen LogP contribution in [0.4, 0.5) is 0 Å². The second-order valence-corrected chi connectivity index (χ2v) is 3.58. The molecule has 0 unspecified atom stereocenters. The molecular formula is C8H15NO. The fourth-order valence-electron chi connectivity index (χ4n) is 1.51. The van der Waals surface area contributed by atoms with E-state index in [-0.39, 0.29) is 12.3 Å². The van der Waals surface area contributed by atoms with E-state index in [1.807, 2.05) is 0 Å². The Bertz CT molecular complexity index is 138. The molecule has 0 radical (unpaired) electrons. The van der Waals surface area contributed by atoms with Gasteiger partial charge in [0.2, 0.25) is 0 Å². The fraction of sp³-hybridized carbons (Fsp3) is 0.875. The van der Waals surface area contributed by atoms with Gasteiger partial charge in [0, 0.05) is 6.42 Å². The maximum atomic E-state index is 10.9. The van der Waals surface area contributed by atoms with Gasteiger partial charge in [-0.15, -0.1) is 0 Å². The van der Waals surface area contributed by atoms with Crippen molar-refractivity contribution in [3.63, 3.8) is 0 Å². The lowest BCUT2D eigenvalue weighted by molar-refractivity contribution is -0.121. The molecule has 0 aromatic carbocycles. The first kappa shape index (κ1) is 7.73. The molecule has 0 amide bonds. The first-order chi connectivity index (χ1) is 4.66. The molecule has 1 rings (SSSR count). The standard InChI is InChI=1S/C8H15NO/c1-8(3-2-4-8)5-7(10)6-9/h2-6,9H2,1H3. The third-order valence-electron chi connectivity index (χ3n) is 2.41. The minimum atomic E-state index is 0.210. The predicted octanol–water partition coefficient (Wildman–Crippen LogP) is 1.09. The molecule has 0 bridgehead atoms. The summed E-state index contributed by atoms with van der Waals surface area (Å²) in [7, 11) is 0. The highest BCUT2D eigenvalue weighted by Crippen LogP contribution is 2.43. The molecule has 1 saturated carbocycles. The molecule has 1 aliphatic rings. The van der Waals surface area contributed by atoms with Crippen LogP contribution in [-0.4, -0.2) is 12.3 Å². The third-order valence-corrected chi connectivity index (χ3v) is 2.41. The second kappa shape index (κ2) is 2.70. The van der Waals surface area contributed by atoms with Gasteiger partial charge in [0.15, 0.2) is 0 Å². The zero-order valence-corrected chi connectivity index (χ0v) is 6.52. The van der Waals surface area contributed by atoms with Crippen molar-refractivity contribution < 1.29 is 4.79 Å². The van der Waals surface area contributed by atoms with E-state index in [2.05, 4.69) is 6.92 Å². The van der Waals surface area contributed by atoms with Crippen molar-refractivity contribution in [3.8, 4) is 0 Å². The summed E-state index contributed by atoms with van der Waals surface area (Å²) in [5.74, 6) is 0.210. The Morgan fingerprint density at radius 2 is 2.20 bits per heavy atom. The molecule has 0 saturated heterocycles. The average molecular weight is 141 g/mol. The zero-order valence-electron chi connectivity index (χ0n) is 6.52. The van der Waals surface area contributed by atoms with Crippen LogP contribution in [0.15, 0.2) is 0 Å². The van der Waals surface area contributed by atoms with Crippen molar-refractivity contribution in [2.24, 2.45) is 11.1 Å². The summed E-state index contributed by atoms with van der Waals surface area (Å²) in [5.41, 5.74) is 5.52. The van der Waals surface area contributed by atoms with Crippen LogP contribution in [0.2, 0.25) is 0 Å². The van der Waals surface area contributed by atoms with Crippen molar-refractivity contribution in [1.29, 1.82) is 0 Å². The fourth-order valence-corrected chi connectivity index (χ4v) is 1.51. The summed E-state index contributed by atoms with van der Waals surface area (Å²) in [6, 6.07) is 0. The Hall–Kier alpha value is -0.370. The SMILES string of the molecule is CC1(CC(=O)CN)CCC1. The van der Waals surface area contributed by atoms with Crippen molar-refractivity contribution in [3.05, 3.63) is 0 Å². The monoisotopic (exact) mass is 141 g/mol. The van der Waals surface area contributed by atoms with Gasteiger partial charge in [-0.25, -0.2) is 0 Å². The maximum Gasteiger partial charge on any atom is 0.146 e. The lowest BCUT2D eigenvalue weighted by Crippen LogP contribution is -2.30. The molecule has 2 nitrogen and oxygen atoms in total. The van der Waals surface area contributed by atoms with Gasteiger partial charge in [-0.05, 0) is 18.3 Å². The van der Waals surface area contributed by atoms with Gasteiger partial charge >= 0.3 is 0 Å². The van der Waals surface area contributed by atoms with E-state index in [0.717, 1.165) is 0 Å². The summed E-state index contributed by atoms with van der Waals surface area (Å²) in [6.07, 6.45) is 4.40. The highest BCUT2D eigenvalue weighted by Gasteiger charge is 2.33. The number of carbonyl (C=O) groups excluding carboxylic acids is 1. The number of rotatable bonds is 3. The van der Waals surface area contributed by atoms with Gasteiger partial charge in [0.1, 0.15) is 5.78 Å². The van der Waals surface area contributed by atoms with Gasteiger partial charge < -0.3 is 5.73 Å². The molecule has 0 spiro atoms. The van der Waals surface area contributed by atoms with Crippen LogP contribution in [0.1, 0.15) is 32.6 Å². The quantitative estimate of drug-likeness (QED) is 0.639. The molecule has 0 aliphatic heterocycles. The smallest absolute Gasteiger partial charge is 0.146 e. The molecule has 2 heteroatoms. The Morgan fingerprint density at radius 3 is 2.50 bits per heavy atom. The maximum absolute atomic E-state index is 10.9. The zero-order chi connectivity index (χ0) is 7.61. The molecule has 10 heavy (non-hydrogen) atoms. The molecule has 0 aromatic heterocycles. The molecule has 0 heterocycles. The number of Topliss-reactive ketones (excluding diaryl/α,β-unsaturated/α-hetero) is 1. The van der Waals surface area contributed by atoms with Crippen LogP contribution in [0.3, 0.4) is 0 Å². The lowest BCUT2D eigenvalue weighted by Gasteiger charge is -2.37. The molecule has 0 aromatic rings. The second-order valence-electron chi connectivity index (χ2n) is 3.58. The minimum Gasteiger partial charge on any atom is -0.324 e. The summed E-state index contributed by atoms with van der Waals surface area (Å²) >= 11 is 0. The van der Waals surface area contributed by atoms with Gasteiger partial charge in [0.25, 0.3) is 0 Å². The third kappa shape index (κ3) is 1.57. The van der Waals surface area contributed by atoms with Crippen LogP contribution in [0.5, 0.6) is 0 Å². The predicted molar refractivity (Wildman–Crippen MR) is 40.6 cm³/mol. The van der Waals surface area contributed by atoms with Crippen LogP contribution >= 0.6 is 0 Å². The van der Waals surface area contributed by atoms with E-state index in [1.165, 1.54) is 19.3 Å². The largest absolute Gasteiger partial charge is 0.324 e. The van der Waals surface area contributed by atoms with Crippen LogP contribution in [0, 0.1) is 5.41 Å². The molecular weight excluding hydrogens is 126 g/mol. The lowest BCUT2D eigenvalue weighted by atomic mass is 9.67. The highest BCUT2D eigenvalue weighted by molar-refractivity contribution is 5.80. The summed E-state index contributed by atoms with van der Waals surface area (Å²) < 4.78 is 0. The van der Waals surface area contributed by atoms with Crippen LogP contribution < -0.4 is 5.73 Å². The Kier molecular flexibility index (Phi) is 2.09. The first-order valence-electron chi connectivity index (χ1n) is 3.88. The van der Waals surface area contributed by atoms with Crippen LogP contribution in [-0.2, 0) is 4.79 Å². The molecule has 58 valence electrons. The normalized spacial score (nSPS) is 21.8. The average Bonchev–Trinajstić information content (AvgIpc) is 1.84. The van der Waals surface area contributed by atoms with Crippen molar-refractivity contribution in [1.82, 2.24) is 0 Å². The van der Waals surface area contributed by atoms with E-state index in [4.69, 9.17) is 5.73 Å². The van der Waals surface area contributed by atoms with E-state index in [1.54, 1.807) is 0 Å². The number of carbonyl (C=O) groups is 1. The summed E-state index contributed by atoms with van der Waals surface area (Å²) in [5, 5.41) is 0. The van der Waals surface area contributed by atoms with Crippen LogP contribution in [0.25, 0.3) is 0 Å². The highest BCUT2D eigenvalue weighted by atomic mass is 16.1. The molecule has 1 aliphatic carbocycles. The number of ketones is 1. The topological polar surface area (TPSA) is 43.1 Å². The number of nitrogens with two attached hydrogens (primary N) is 1. The van der Waals surface area contributed by atoms with Crippen molar-refractivity contribution in [2.45, 2.75) is 32.6 Å². The van der Waals surface area contributed by atoms with Crippen molar-refractivity contribution >= 4 is 5.78 Å². The van der Waals surface area contributed by atoms with Gasteiger partial charge in [-0.3, -0.25) is 4.79 Å². The van der Waals surface area contributed by atoms with Gasteiger partial charge in [0.05, 0.1) is 6.54 Å². The molecule has 2 N–H and O–H groups in total. The van der Waals surface area contributed by atoms with E-state index in [0.29, 0.717) is 11.8 Å². The Labute approximate surface area is 61.8 Å². The number of hydrogen-bond acceptors (Lipinski definition) is 2.